The minimum atomic E-state index is -0.667. The summed E-state index contributed by atoms with van der Waals surface area (Å²) in [6.45, 7) is 4.95. The fraction of sp³-hybridized carbons (Fsp3) is 0.884. The molecule has 0 saturated carbocycles. The van der Waals surface area contributed by atoms with E-state index >= 15 is 0 Å². The van der Waals surface area contributed by atoms with Crippen LogP contribution in [0.25, 0.3) is 0 Å². The largest absolute Gasteiger partial charge is 0.466 e. The number of amides is 1. The Balaban J connectivity index is 3.39. The number of ether oxygens (including phenoxy) is 1. The number of nitrogens with one attached hydrogen (secondary N) is 1. The molecule has 0 rings (SSSR count). The van der Waals surface area contributed by atoms with Gasteiger partial charge in [0.25, 0.3) is 0 Å². The average Bonchev–Trinajstić information content (AvgIpc) is 3.41. The van der Waals surface area contributed by atoms with Gasteiger partial charge in [0.1, 0.15) is 0 Å². The quantitative estimate of drug-likeness (QED) is 0.0320. The molecule has 0 saturated heterocycles. The standard InChI is InChI=1S/C69H131NO5/c1-3-5-7-9-11-13-15-17-19-20-27-31-35-39-43-47-51-55-59-63-69(74)75-64-60-56-52-48-44-40-36-32-29-26-24-22-21-23-25-28-30-34-38-42-46-50-54-58-62-68(73)70-66(65-71)67(72)61-57-53-49-45-41-37-33-18-16-14-12-10-8-6-4-2/h11,13,17,19,23,25,66-67,71-72H,3-10,12,14-16,18,20-22,24,26-65H2,1-2H3,(H,70,73)/b13-11-,19-17-,25-23-. The molecule has 0 aromatic carbocycles. The van der Waals surface area contributed by atoms with E-state index in [2.05, 4.69) is 55.6 Å². The number of rotatable bonds is 63. The lowest BCUT2D eigenvalue weighted by atomic mass is 10.0. The first-order valence-corrected chi connectivity index (χ1v) is 33.7. The predicted octanol–water partition coefficient (Wildman–Crippen LogP) is 21.5. The number of carbonyl (C=O) groups excluding carboxylic acids is 2. The Morgan fingerprint density at radius 3 is 1.05 bits per heavy atom. The van der Waals surface area contributed by atoms with Gasteiger partial charge < -0.3 is 20.3 Å². The van der Waals surface area contributed by atoms with E-state index < -0.39 is 12.1 Å². The molecule has 0 aliphatic carbocycles. The van der Waals surface area contributed by atoms with Crippen molar-refractivity contribution in [1.82, 2.24) is 5.32 Å². The van der Waals surface area contributed by atoms with E-state index in [1.165, 1.54) is 283 Å². The van der Waals surface area contributed by atoms with Crippen molar-refractivity contribution in [3.63, 3.8) is 0 Å². The molecule has 1 amide bonds. The number of unbranched alkanes of at least 4 members (excludes halogenated alkanes) is 46. The van der Waals surface area contributed by atoms with Gasteiger partial charge >= 0.3 is 5.97 Å². The monoisotopic (exact) mass is 1050 g/mol. The van der Waals surface area contributed by atoms with Crippen LogP contribution < -0.4 is 5.32 Å². The fourth-order valence-corrected chi connectivity index (χ4v) is 10.5. The van der Waals surface area contributed by atoms with Crippen LogP contribution in [0.3, 0.4) is 0 Å². The van der Waals surface area contributed by atoms with Crippen LogP contribution in [-0.4, -0.2) is 47.4 Å². The Labute approximate surface area is 468 Å². The molecule has 2 atom stereocenters. The Hall–Kier alpha value is -1.92. The SMILES string of the molecule is CCCCC/C=C\C/C=C\CCCCCCCCCCCC(=O)OCCCCCCCCCCCCCC/C=C\CCCCCCCCCCC(=O)NC(CO)C(O)CCCCCCCCCCCCCCCCC. The summed E-state index contributed by atoms with van der Waals surface area (Å²) >= 11 is 0. The molecule has 0 bridgehead atoms. The maximum absolute atomic E-state index is 12.5. The number of allylic oxidation sites excluding steroid dienone is 6. The van der Waals surface area contributed by atoms with E-state index in [0.29, 0.717) is 25.9 Å². The van der Waals surface area contributed by atoms with Crippen LogP contribution in [0.2, 0.25) is 0 Å². The van der Waals surface area contributed by atoms with Crippen molar-refractivity contribution in [2.45, 2.75) is 379 Å². The van der Waals surface area contributed by atoms with Crippen LogP contribution in [0, 0.1) is 0 Å². The van der Waals surface area contributed by atoms with Crippen molar-refractivity contribution in [3.8, 4) is 0 Å². The molecule has 0 spiro atoms. The van der Waals surface area contributed by atoms with E-state index in [4.69, 9.17) is 4.74 Å². The fourth-order valence-electron chi connectivity index (χ4n) is 10.5. The summed E-state index contributed by atoms with van der Waals surface area (Å²) < 4.78 is 5.50. The first kappa shape index (κ1) is 73.1. The normalized spacial score (nSPS) is 12.7. The summed E-state index contributed by atoms with van der Waals surface area (Å²) in [5.74, 6) is -0.0284. The molecule has 0 radical (unpaired) electrons. The smallest absolute Gasteiger partial charge is 0.305 e. The summed E-state index contributed by atoms with van der Waals surface area (Å²) in [6.07, 6.45) is 81.7. The second kappa shape index (κ2) is 64.6. The molecular weight excluding hydrogens is 923 g/mol. The average molecular weight is 1050 g/mol. The van der Waals surface area contributed by atoms with Gasteiger partial charge in [-0.15, -0.1) is 0 Å². The van der Waals surface area contributed by atoms with Crippen LogP contribution in [0.15, 0.2) is 36.5 Å². The van der Waals surface area contributed by atoms with Crippen LogP contribution in [-0.2, 0) is 14.3 Å². The van der Waals surface area contributed by atoms with E-state index in [-0.39, 0.29) is 18.5 Å². The Bertz CT molecular complexity index is 1210. The van der Waals surface area contributed by atoms with Gasteiger partial charge in [-0.1, -0.05) is 307 Å². The van der Waals surface area contributed by atoms with Gasteiger partial charge in [-0.25, -0.2) is 0 Å². The number of hydrogen-bond acceptors (Lipinski definition) is 5. The topological polar surface area (TPSA) is 95.9 Å². The maximum Gasteiger partial charge on any atom is 0.305 e. The highest BCUT2D eigenvalue weighted by molar-refractivity contribution is 5.76. The van der Waals surface area contributed by atoms with Crippen LogP contribution in [0.4, 0.5) is 0 Å². The molecule has 0 aromatic heterocycles. The zero-order chi connectivity index (χ0) is 54.3. The van der Waals surface area contributed by atoms with E-state index in [1.807, 2.05) is 0 Å². The molecule has 6 heteroatoms. The van der Waals surface area contributed by atoms with Gasteiger partial charge in [0.05, 0.1) is 25.4 Å². The van der Waals surface area contributed by atoms with Gasteiger partial charge in [-0.2, -0.15) is 0 Å². The number of carbonyl (C=O) groups is 2. The van der Waals surface area contributed by atoms with Crippen molar-refractivity contribution in [3.05, 3.63) is 36.5 Å². The highest BCUT2D eigenvalue weighted by atomic mass is 16.5. The third-order valence-corrected chi connectivity index (χ3v) is 15.7. The molecule has 2 unspecified atom stereocenters. The van der Waals surface area contributed by atoms with Crippen molar-refractivity contribution >= 4 is 11.9 Å². The molecule has 3 N–H and O–H groups in total. The third kappa shape index (κ3) is 61.2. The van der Waals surface area contributed by atoms with Crippen LogP contribution in [0.5, 0.6) is 0 Å². The summed E-state index contributed by atoms with van der Waals surface area (Å²) in [5.41, 5.74) is 0. The lowest BCUT2D eigenvalue weighted by molar-refractivity contribution is -0.143. The van der Waals surface area contributed by atoms with Crippen molar-refractivity contribution in [1.29, 1.82) is 0 Å². The number of aliphatic hydroxyl groups excluding tert-OH is 2. The third-order valence-electron chi connectivity index (χ3n) is 15.7. The van der Waals surface area contributed by atoms with Gasteiger partial charge in [0.2, 0.25) is 5.91 Å². The van der Waals surface area contributed by atoms with Crippen molar-refractivity contribution < 1.29 is 24.5 Å². The van der Waals surface area contributed by atoms with Crippen molar-refractivity contribution in [2.24, 2.45) is 0 Å². The second-order valence-electron chi connectivity index (χ2n) is 23.1. The van der Waals surface area contributed by atoms with Crippen LogP contribution >= 0.6 is 0 Å². The highest BCUT2D eigenvalue weighted by Gasteiger charge is 2.20. The summed E-state index contributed by atoms with van der Waals surface area (Å²) in [7, 11) is 0. The summed E-state index contributed by atoms with van der Waals surface area (Å²) in [4.78, 5) is 24.6. The number of esters is 1. The van der Waals surface area contributed by atoms with Gasteiger partial charge in [-0.3, -0.25) is 9.59 Å². The van der Waals surface area contributed by atoms with E-state index in [9.17, 15) is 19.8 Å². The number of aliphatic hydroxyl groups is 2. The minimum absolute atomic E-state index is 0.00914. The molecule has 75 heavy (non-hydrogen) atoms. The predicted molar refractivity (Wildman–Crippen MR) is 329 cm³/mol. The molecule has 6 nitrogen and oxygen atoms in total. The first-order chi connectivity index (χ1) is 37.0. The molecule has 0 aliphatic heterocycles. The van der Waals surface area contributed by atoms with Gasteiger partial charge in [0.15, 0.2) is 0 Å². The minimum Gasteiger partial charge on any atom is -0.466 e. The lowest BCUT2D eigenvalue weighted by Crippen LogP contribution is -2.45. The molecular formula is C69H131NO5. The molecule has 0 heterocycles. The van der Waals surface area contributed by atoms with Gasteiger partial charge in [-0.05, 0) is 83.5 Å². The second-order valence-corrected chi connectivity index (χ2v) is 23.1. The molecule has 0 fully saturated rings. The lowest BCUT2D eigenvalue weighted by Gasteiger charge is -2.22. The summed E-state index contributed by atoms with van der Waals surface area (Å²) in [5, 5.41) is 23.3. The summed E-state index contributed by atoms with van der Waals surface area (Å²) in [6, 6.07) is -0.545. The van der Waals surface area contributed by atoms with E-state index in [1.54, 1.807) is 0 Å². The van der Waals surface area contributed by atoms with Crippen molar-refractivity contribution in [2.75, 3.05) is 13.2 Å². The molecule has 0 aliphatic rings. The highest BCUT2D eigenvalue weighted by Crippen LogP contribution is 2.18. The van der Waals surface area contributed by atoms with Crippen LogP contribution in [0.1, 0.15) is 367 Å². The molecule has 442 valence electrons. The Kier molecular flexibility index (Phi) is 63.0. The first-order valence-electron chi connectivity index (χ1n) is 33.7. The number of hydrogen-bond donors (Lipinski definition) is 3. The zero-order valence-electron chi connectivity index (χ0n) is 50.5. The van der Waals surface area contributed by atoms with Gasteiger partial charge in [0, 0.05) is 12.8 Å². The molecule has 0 aromatic rings. The Morgan fingerprint density at radius 1 is 0.373 bits per heavy atom. The Morgan fingerprint density at radius 2 is 0.667 bits per heavy atom. The zero-order valence-corrected chi connectivity index (χ0v) is 50.5. The van der Waals surface area contributed by atoms with E-state index in [0.717, 1.165) is 51.4 Å². The maximum atomic E-state index is 12.5.